The van der Waals surface area contributed by atoms with Crippen molar-refractivity contribution in [3.63, 3.8) is 0 Å². The summed E-state index contributed by atoms with van der Waals surface area (Å²) in [6.45, 7) is 5.84. The first-order chi connectivity index (χ1) is 6.11. The molecule has 0 aliphatic heterocycles. The summed E-state index contributed by atoms with van der Waals surface area (Å²) in [5, 5.41) is 8.55. The molecule has 0 bridgehead atoms. The summed E-state index contributed by atoms with van der Waals surface area (Å²) in [5.74, 6) is 0. The van der Waals surface area contributed by atoms with Crippen molar-refractivity contribution < 1.29 is 0 Å². The highest BCUT2D eigenvalue weighted by Gasteiger charge is 2.37. The monoisotopic (exact) mass is 181 g/mol. The molecule has 1 saturated carbocycles. The molecule has 13 heavy (non-hydrogen) atoms. The van der Waals surface area contributed by atoms with Crippen LogP contribution in [0.25, 0.3) is 0 Å². The van der Waals surface area contributed by atoms with E-state index in [9.17, 15) is 0 Å². The maximum atomic E-state index is 8.55. The Morgan fingerprint density at radius 2 is 2.15 bits per heavy atom. The topological polar surface area (TPSA) is 53.0 Å². The lowest BCUT2D eigenvalue weighted by Crippen LogP contribution is -2.50. The molecule has 0 aromatic rings. The molecule has 1 fully saturated rings. The molecule has 0 atom stereocenters. The van der Waals surface area contributed by atoms with Crippen molar-refractivity contribution in [2.75, 3.05) is 13.1 Å². The van der Waals surface area contributed by atoms with Crippen LogP contribution in [0.3, 0.4) is 0 Å². The molecular weight excluding hydrogens is 162 g/mol. The number of hydrogen-bond acceptors (Lipinski definition) is 3. The van der Waals surface area contributed by atoms with Crippen molar-refractivity contribution in [2.45, 2.75) is 44.7 Å². The predicted octanol–water partition coefficient (Wildman–Crippen LogP) is 1.10. The van der Waals surface area contributed by atoms with Crippen LogP contribution in [0.5, 0.6) is 0 Å². The molecular formula is C10H19N3. The van der Waals surface area contributed by atoms with Crippen molar-refractivity contribution >= 4 is 0 Å². The first-order valence-corrected chi connectivity index (χ1v) is 4.95. The van der Waals surface area contributed by atoms with Crippen molar-refractivity contribution in [1.82, 2.24) is 4.90 Å². The van der Waals surface area contributed by atoms with Crippen LogP contribution in [0.2, 0.25) is 0 Å². The number of rotatable bonds is 5. The Kier molecular flexibility index (Phi) is 3.29. The van der Waals surface area contributed by atoms with Crippen molar-refractivity contribution in [1.29, 1.82) is 5.26 Å². The van der Waals surface area contributed by atoms with Gasteiger partial charge in [-0.25, -0.2) is 0 Å². The van der Waals surface area contributed by atoms with Crippen LogP contribution in [0.1, 0.15) is 33.1 Å². The lowest BCUT2D eigenvalue weighted by Gasteiger charge is -2.37. The van der Waals surface area contributed by atoms with Crippen molar-refractivity contribution in [3.05, 3.63) is 0 Å². The van der Waals surface area contributed by atoms with Crippen molar-refractivity contribution in [2.24, 2.45) is 5.73 Å². The molecule has 0 heterocycles. The van der Waals surface area contributed by atoms with Gasteiger partial charge in [0.25, 0.3) is 0 Å². The minimum atomic E-state index is 0.0536. The van der Waals surface area contributed by atoms with E-state index in [-0.39, 0.29) is 5.54 Å². The van der Waals surface area contributed by atoms with Crippen LogP contribution in [0.15, 0.2) is 0 Å². The Morgan fingerprint density at radius 1 is 1.54 bits per heavy atom. The fraction of sp³-hybridized carbons (Fsp3) is 0.900. The van der Waals surface area contributed by atoms with E-state index in [0.717, 1.165) is 6.54 Å². The molecule has 0 aromatic heterocycles. The second-order valence-electron chi connectivity index (χ2n) is 4.35. The molecule has 0 spiro atoms. The van der Waals surface area contributed by atoms with Gasteiger partial charge in [0.05, 0.1) is 6.07 Å². The molecule has 1 aliphatic rings. The maximum absolute atomic E-state index is 8.55. The molecule has 0 radical (unpaired) electrons. The van der Waals surface area contributed by atoms with Gasteiger partial charge in [0.2, 0.25) is 0 Å². The van der Waals surface area contributed by atoms with E-state index in [1.807, 2.05) is 0 Å². The Labute approximate surface area is 80.5 Å². The second kappa shape index (κ2) is 4.08. The third kappa shape index (κ3) is 2.68. The van der Waals surface area contributed by atoms with E-state index in [2.05, 4.69) is 24.8 Å². The average molecular weight is 181 g/mol. The molecule has 3 nitrogen and oxygen atoms in total. The summed E-state index contributed by atoms with van der Waals surface area (Å²) in [7, 11) is 0. The number of nitriles is 1. The summed E-state index contributed by atoms with van der Waals surface area (Å²) in [5.41, 5.74) is 5.77. The zero-order valence-corrected chi connectivity index (χ0v) is 8.58. The van der Waals surface area contributed by atoms with Crippen LogP contribution in [0.4, 0.5) is 0 Å². The standard InChI is InChI=1S/C10H19N3/c1-10(2,8-12)13(7-3-6-11)9-4-5-9/h9H,3-5,7-8,12H2,1-2H3. The summed E-state index contributed by atoms with van der Waals surface area (Å²) < 4.78 is 0. The minimum absolute atomic E-state index is 0.0536. The van der Waals surface area contributed by atoms with E-state index < -0.39 is 0 Å². The van der Waals surface area contributed by atoms with E-state index in [4.69, 9.17) is 11.0 Å². The lowest BCUT2D eigenvalue weighted by molar-refractivity contribution is 0.120. The summed E-state index contributed by atoms with van der Waals surface area (Å²) in [4.78, 5) is 2.39. The van der Waals surface area contributed by atoms with E-state index in [0.29, 0.717) is 19.0 Å². The molecule has 0 saturated heterocycles. The Balaban J connectivity index is 2.51. The van der Waals surface area contributed by atoms with Gasteiger partial charge in [-0.05, 0) is 26.7 Å². The highest BCUT2D eigenvalue weighted by molar-refractivity contribution is 4.95. The van der Waals surface area contributed by atoms with Gasteiger partial charge < -0.3 is 5.73 Å². The van der Waals surface area contributed by atoms with Gasteiger partial charge in [-0.3, -0.25) is 4.90 Å². The van der Waals surface area contributed by atoms with Gasteiger partial charge in [-0.1, -0.05) is 0 Å². The van der Waals surface area contributed by atoms with Gasteiger partial charge in [0, 0.05) is 31.1 Å². The Bertz CT molecular complexity index is 201. The van der Waals surface area contributed by atoms with E-state index >= 15 is 0 Å². The van der Waals surface area contributed by atoms with E-state index in [1.165, 1.54) is 12.8 Å². The fourth-order valence-corrected chi connectivity index (χ4v) is 1.65. The van der Waals surface area contributed by atoms with Gasteiger partial charge in [-0.15, -0.1) is 0 Å². The average Bonchev–Trinajstić information content (AvgIpc) is 2.89. The number of hydrogen-bond donors (Lipinski definition) is 1. The zero-order chi connectivity index (χ0) is 9.90. The normalized spacial score (nSPS) is 17.5. The third-order valence-corrected chi connectivity index (χ3v) is 2.73. The number of nitrogens with zero attached hydrogens (tertiary/aromatic N) is 2. The molecule has 0 amide bonds. The highest BCUT2D eigenvalue weighted by Crippen LogP contribution is 2.32. The summed E-state index contributed by atoms with van der Waals surface area (Å²) in [6.07, 6.45) is 3.16. The quantitative estimate of drug-likeness (QED) is 0.691. The maximum Gasteiger partial charge on any atom is 0.0635 e. The van der Waals surface area contributed by atoms with Gasteiger partial charge in [0.1, 0.15) is 0 Å². The van der Waals surface area contributed by atoms with Crippen LogP contribution in [0, 0.1) is 11.3 Å². The molecule has 0 unspecified atom stereocenters. The molecule has 74 valence electrons. The minimum Gasteiger partial charge on any atom is -0.329 e. The highest BCUT2D eigenvalue weighted by atomic mass is 15.2. The molecule has 2 N–H and O–H groups in total. The Hall–Kier alpha value is -0.590. The largest absolute Gasteiger partial charge is 0.329 e. The first kappa shape index (κ1) is 10.5. The van der Waals surface area contributed by atoms with Crippen LogP contribution in [-0.4, -0.2) is 29.6 Å². The molecule has 1 aliphatic carbocycles. The van der Waals surface area contributed by atoms with E-state index in [1.54, 1.807) is 0 Å². The Morgan fingerprint density at radius 3 is 2.54 bits per heavy atom. The van der Waals surface area contributed by atoms with Crippen LogP contribution < -0.4 is 5.73 Å². The lowest BCUT2D eigenvalue weighted by atomic mass is 10.0. The molecule has 3 heteroatoms. The third-order valence-electron chi connectivity index (χ3n) is 2.73. The smallest absolute Gasteiger partial charge is 0.0635 e. The fourth-order valence-electron chi connectivity index (χ4n) is 1.65. The molecule has 0 aromatic carbocycles. The SMILES string of the molecule is CC(C)(CN)N(CCC#N)C1CC1. The van der Waals surface area contributed by atoms with Crippen LogP contribution in [-0.2, 0) is 0 Å². The molecule has 1 rings (SSSR count). The summed E-state index contributed by atoms with van der Waals surface area (Å²) >= 11 is 0. The van der Waals surface area contributed by atoms with Gasteiger partial charge >= 0.3 is 0 Å². The zero-order valence-electron chi connectivity index (χ0n) is 8.58. The van der Waals surface area contributed by atoms with Crippen molar-refractivity contribution in [3.8, 4) is 6.07 Å². The number of nitrogens with two attached hydrogens (primary N) is 1. The second-order valence-corrected chi connectivity index (χ2v) is 4.35. The predicted molar refractivity (Wildman–Crippen MR) is 53.1 cm³/mol. The summed E-state index contributed by atoms with van der Waals surface area (Å²) in [6, 6.07) is 2.88. The van der Waals surface area contributed by atoms with Gasteiger partial charge in [0.15, 0.2) is 0 Å². The first-order valence-electron chi connectivity index (χ1n) is 4.95. The van der Waals surface area contributed by atoms with Crippen LogP contribution >= 0.6 is 0 Å². The van der Waals surface area contributed by atoms with Gasteiger partial charge in [-0.2, -0.15) is 5.26 Å².